The second kappa shape index (κ2) is 6.17. The van der Waals surface area contributed by atoms with E-state index in [9.17, 15) is 0 Å². The average Bonchev–Trinajstić information content (AvgIpc) is 3.08. The number of nitrogens with zero attached hydrogens (tertiary/aromatic N) is 2. The Kier molecular flexibility index (Phi) is 3.97. The Labute approximate surface area is 152 Å². The lowest BCUT2D eigenvalue weighted by Gasteiger charge is -2.57. The molecular formula is C19H25N3S2. The van der Waals surface area contributed by atoms with Crippen LogP contribution in [-0.2, 0) is 6.42 Å². The van der Waals surface area contributed by atoms with Gasteiger partial charge in [0.05, 0.1) is 5.71 Å². The van der Waals surface area contributed by atoms with Gasteiger partial charge in [0.25, 0.3) is 0 Å². The maximum atomic E-state index is 4.83. The van der Waals surface area contributed by atoms with E-state index < -0.39 is 0 Å². The van der Waals surface area contributed by atoms with Crippen molar-refractivity contribution in [3.05, 3.63) is 22.4 Å². The predicted octanol–water partition coefficient (Wildman–Crippen LogP) is 4.56. The van der Waals surface area contributed by atoms with Crippen LogP contribution >= 0.6 is 23.1 Å². The number of rotatable bonds is 4. The first-order valence-corrected chi connectivity index (χ1v) is 11.2. The molecule has 6 rings (SSSR count). The van der Waals surface area contributed by atoms with E-state index in [0.717, 1.165) is 41.6 Å². The van der Waals surface area contributed by atoms with E-state index in [-0.39, 0.29) is 0 Å². The highest BCUT2D eigenvalue weighted by Gasteiger charge is 2.53. The molecule has 1 aliphatic heterocycles. The van der Waals surface area contributed by atoms with Gasteiger partial charge in [0, 0.05) is 29.0 Å². The van der Waals surface area contributed by atoms with Gasteiger partial charge >= 0.3 is 0 Å². The normalized spacial score (nSPS) is 39.1. The summed E-state index contributed by atoms with van der Waals surface area (Å²) in [4.78, 5) is 6.12. The fraction of sp³-hybridized carbons (Fsp3) is 0.684. The Morgan fingerprint density at radius 2 is 1.92 bits per heavy atom. The molecule has 4 saturated carbocycles. The third-order valence-electron chi connectivity index (χ3n) is 6.48. The lowest BCUT2D eigenvalue weighted by Crippen LogP contribution is -2.51. The zero-order valence-electron chi connectivity index (χ0n) is 14.0. The summed E-state index contributed by atoms with van der Waals surface area (Å²) in [6.07, 6.45) is 9.77. The van der Waals surface area contributed by atoms with Gasteiger partial charge in [0.1, 0.15) is 0 Å². The first kappa shape index (κ1) is 15.4. The Hall–Kier alpha value is -0.810. The molecule has 3 nitrogen and oxygen atoms in total. The summed E-state index contributed by atoms with van der Waals surface area (Å²) in [6.45, 7) is 0.859. The standard InChI is InChI=1S/C19H25N3S2/c1-2-16(23-5-1)3-4-20-18-22-21-17(12-24-18)19-9-13-6-14(10-19)8-15(7-13)11-19/h1-2,5,13-15H,3-4,6-12H2,(H,20,22). The van der Waals surface area contributed by atoms with E-state index in [4.69, 9.17) is 10.1 Å². The Bertz CT molecular complexity index is 627. The molecule has 4 bridgehead atoms. The number of hydrogen-bond acceptors (Lipinski definition) is 4. The summed E-state index contributed by atoms with van der Waals surface area (Å²) in [5, 5.41) is 7.99. The van der Waals surface area contributed by atoms with Crippen molar-refractivity contribution < 1.29 is 0 Å². The molecule has 5 aliphatic rings. The van der Waals surface area contributed by atoms with Crippen molar-refractivity contribution in [2.24, 2.45) is 33.3 Å². The molecule has 1 aromatic heterocycles. The molecular weight excluding hydrogens is 334 g/mol. The van der Waals surface area contributed by atoms with Gasteiger partial charge in [-0.25, -0.2) is 0 Å². The SMILES string of the molecule is c1csc(CCN=C2NN=C(C34CC5CC(CC(C5)C3)C4)CS2)c1. The van der Waals surface area contributed by atoms with Crippen molar-refractivity contribution in [3.8, 4) is 0 Å². The average molecular weight is 360 g/mol. The van der Waals surface area contributed by atoms with Gasteiger partial charge in [-0.2, -0.15) is 5.10 Å². The number of thiophene rings is 1. The minimum absolute atomic E-state index is 0.442. The van der Waals surface area contributed by atoms with Crippen molar-refractivity contribution in [3.63, 3.8) is 0 Å². The molecule has 5 heteroatoms. The van der Waals surface area contributed by atoms with E-state index in [1.807, 2.05) is 23.1 Å². The van der Waals surface area contributed by atoms with Gasteiger partial charge in [0.2, 0.25) is 0 Å². The number of hydrogen-bond donors (Lipinski definition) is 1. The minimum Gasteiger partial charge on any atom is -0.261 e. The molecule has 2 heterocycles. The number of aliphatic imine (C=N–C) groups is 1. The zero-order chi connectivity index (χ0) is 16.0. The van der Waals surface area contributed by atoms with Crippen molar-refractivity contribution >= 4 is 34.0 Å². The molecule has 24 heavy (non-hydrogen) atoms. The molecule has 0 aromatic carbocycles. The van der Waals surface area contributed by atoms with Crippen LogP contribution in [0.15, 0.2) is 27.6 Å². The second-order valence-electron chi connectivity index (χ2n) is 8.17. The fourth-order valence-electron chi connectivity index (χ4n) is 5.86. The molecule has 0 atom stereocenters. The molecule has 1 aromatic rings. The maximum Gasteiger partial charge on any atom is 0.177 e. The smallest absolute Gasteiger partial charge is 0.177 e. The van der Waals surface area contributed by atoms with Crippen LogP contribution in [0.5, 0.6) is 0 Å². The molecule has 0 spiro atoms. The fourth-order valence-corrected chi connectivity index (χ4v) is 7.49. The summed E-state index contributed by atoms with van der Waals surface area (Å²) in [5.74, 6) is 4.02. The van der Waals surface area contributed by atoms with Crippen LogP contribution < -0.4 is 5.43 Å². The number of nitrogens with one attached hydrogen (secondary N) is 1. The number of thioether (sulfide) groups is 1. The van der Waals surface area contributed by atoms with Gasteiger partial charge in [-0.1, -0.05) is 17.8 Å². The van der Waals surface area contributed by atoms with Gasteiger partial charge in [-0.05, 0) is 67.7 Å². The molecule has 1 N–H and O–H groups in total. The van der Waals surface area contributed by atoms with Crippen LogP contribution in [0.1, 0.15) is 43.4 Å². The van der Waals surface area contributed by atoms with Crippen molar-refractivity contribution in [1.82, 2.24) is 5.43 Å². The van der Waals surface area contributed by atoms with Crippen molar-refractivity contribution in [2.45, 2.75) is 44.9 Å². The topological polar surface area (TPSA) is 36.8 Å². The summed E-state index contributed by atoms with van der Waals surface area (Å²) >= 11 is 3.69. The summed E-state index contributed by atoms with van der Waals surface area (Å²) < 4.78 is 0. The minimum atomic E-state index is 0.442. The van der Waals surface area contributed by atoms with Gasteiger partial charge in [-0.3, -0.25) is 10.4 Å². The van der Waals surface area contributed by atoms with Gasteiger partial charge < -0.3 is 0 Å². The van der Waals surface area contributed by atoms with Crippen LogP contribution in [-0.4, -0.2) is 23.2 Å². The molecule has 0 amide bonds. The van der Waals surface area contributed by atoms with Crippen LogP contribution in [0.3, 0.4) is 0 Å². The van der Waals surface area contributed by atoms with Gasteiger partial charge in [-0.15, -0.1) is 11.3 Å². The molecule has 0 radical (unpaired) electrons. The third kappa shape index (κ3) is 2.84. The lowest BCUT2D eigenvalue weighted by atomic mass is 9.48. The van der Waals surface area contributed by atoms with E-state index in [1.54, 1.807) is 0 Å². The predicted molar refractivity (Wildman–Crippen MR) is 104 cm³/mol. The molecule has 128 valence electrons. The van der Waals surface area contributed by atoms with E-state index in [0.29, 0.717) is 5.41 Å². The quantitative estimate of drug-likeness (QED) is 0.856. The maximum absolute atomic E-state index is 4.83. The summed E-state index contributed by atoms with van der Waals surface area (Å²) in [7, 11) is 0. The highest BCUT2D eigenvalue weighted by Crippen LogP contribution is 2.60. The summed E-state index contributed by atoms with van der Waals surface area (Å²) in [6, 6.07) is 4.30. The Morgan fingerprint density at radius 1 is 1.17 bits per heavy atom. The second-order valence-corrected chi connectivity index (χ2v) is 10.2. The monoisotopic (exact) mass is 359 g/mol. The van der Waals surface area contributed by atoms with Crippen LogP contribution in [0.4, 0.5) is 0 Å². The summed E-state index contributed by atoms with van der Waals surface area (Å²) in [5.41, 5.74) is 5.17. The van der Waals surface area contributed by atoms with E-state index in [2.05, 4.69) is 22.9 Å². The molecule has 0 unspecified atom stereocenters. The number of hydrazone groups is 1. The van der Waals surface area contributed by atoms with Crippen molar-refractivity contribution in [1.29, 1.82) is 0 Å². The molecule has 4 fully saturated rings. The Balaban J connectivity index is 1.24. The van der Waals surface area contributed by atoms with Crippen LogP contribution in [0.2, 0.25) is 0 Å². The lowest BCUT2D eigenvalue weighted by molar-refractivity contribution is -0.0126. The van der Waals surface area contributed by atoms with Crippen LogP contribution in [0.25, 0.3) is 0 Å². The first-order valence-electron chi connectivity index (χ1n) is 9.32. The Morgan fingerprint density at radius 3 is 2.50 bits per heavy atom. The highest BCUT2D eigenvalue weighted by atomic mass is 32.2. The van der Waals surface area contributed by atoms with E-state index >= 15 is 0 Å². The molecule has 4 aliphatic carbocycles. The third-order valence-corrected chi connectivity index (χ3v) is 8.32. The van der Waals surface area contributed by atoms with Crippen LogP contribution in [0, 0.1) is 23.2 Å². The van der Waals surface area contributed by atoms with Crippen molar-refractivity contribution in [2.75, 3.05) is 12.3 Å². The zero-order valence-corrected chi connectivity index (χ0v) is 15.7. The first-order chi connectivity index (χ1) is 11.8. The molecule has 0 saturated heterocycles. The van der Waals surface area contributed by atoms with Gasteiger partial charge in [0.15, 0.2) is 5.17 Å². The largest absolute Gasteiger partial charge is 0.261 e. The van der Waals surface area contributed by atoms with E-state index in [1.165, 1.54) is 49.1 Å². The highest BCUT2D eigenvalue weighted by molar-refractivity contribution is 8.14. The number of amidine groups is 1.